The number of hydrogen-bond donors (Lipinski definition) is 1. The van der Waals surface area contributed by atoms with Crippen LogP contribution in [0.2, 0.25) is 0 Å². The average Bonchev–Trinajstić information content (AvgIpc) is 2.71. The van der Waals surface area contributed by atoms with Crippen molar-refractivity contribution in [3.05, 3.63) is 65.7 Å². The molecule has 0 radical (unpaired) electrons. The van der Waals surface area contributed by atoms with Crippen LogP contribution in [0.15, 0.2) is 54.6 Å². The van der Waals surface area contributed by atoms with Gasteiger partial charge in [0.15, 0.2) is 6.61 Å². The number of rotatable bonds is 11. The fourth-order valence-corrected chi connectivity index (χ4v) is 2.49. The van der Waals surface area contributed by atoms with Crippen molar-refractivity contribution in [3.8, 4) is 5.75 Å². The predicted octanol–water partition coefficient (Wildman–Crippen LogP) is 3.77. The van der Waals surface area contributed by atoms with Crippen molar-refractivity contribution in [1.29, 1.82) is 0 Å². The van der Waals surface area contributed by atoms with Gasteiger partial charge in [-0.15, -0.1) is 0 Å². The van der Waals surface area contributed by atoms with Gasteiger partial charge in [0.1, 0.15) is 5.75 Å². The predicted molar refractivity (Wildman–Crippen MR) is 105 cm³/mol. The number of esters is 1. The summed E-state index contributed by atoms with van der Waals surface area (Å²) in [7, 11) is 0. The molecule has 0 fully saturated rings. The molecule has 27 heavy (non-hydrogen) atoms. The minimum absolute atomic E-state index is 0.130. The summed E-state index contributed by atoms with van der Waals surface area (Å²) in [5.41, 5.74) is 1.74. The zero-order chi connectivity index (χ0) is 19.3. The lowest BCUT2D eigenvalue weighted by Crippen LogP contribution is -2.25. The Hall–Kier alpha value is -2.82. The van der Waals surface area contributed by atoms with Crippen LogP contribution in [0.1, 0.15) is 42.1 Å². The second kappa shape index (κ2) is 11.7. The van der Waals surface area contributed by atoms with Gasteiger partial charge in [0.25, 0.3) is 5.91 Å². The molecule has 0 bridgehead atoms. The molecule has 0 saturated carbocycles. The molecule has 0 aliphatic carbocycles. The van der Waals surface area contributed by atoms with Crippen molar-refractivity contribution in [3.63, 3.8) is 0 Å². The van der Waals surface area contributed by atoms with E-state index in [1.165, 1.54) is 5.56 Å². The van der Waals surface area contributed by atoms with Crippen LogP contribution in [0.4, 0.5) is 0 Å². The first-order valence-corrected chi connectivity index (χ1v) is 9.39. The van der Waals surface area contributed by atoms with Crippen LogP contribution < -0.4 is 10.1 Å². The van der Waals surface area contributed by atoms with Crippen LogP contribution in [0.25, 0.3) is 0 Å². The third-order valence-corrected chi connectivity index (χ3v) is 4.03. The topological polar surface area (TPSA) is 64.6 Å². The van der Waals surface area contributed by atoms with Crippen molar-refractivity contribution < 1.29 is 19.1 Å². The van der Waals surface area contributed by atoms with Crippen LogP contribution in [0.5, 0.6) is 5.75 Å². The van der Waals surface area contributed by atoms with E-state index < -0.39 is 0 Å². The molecular formula is C22H27NO4. The summed E-state index contributed by atoms with van der Waals surface area (Å²) < 4.78 is 10.5. The Balaban J connectivity index is 1.69. The molecule has 0 aliphatic heterocycles. The number of amides is 1. The Kier molecular flexibility index (Phi) is 8.90. The molecule has 2 rings (SSSR count). The molecule has 0 unspecified atom stereocenters. The Morgan fingerprint density at radius 2 is 1.70 bits per heavy atom. The standard InChI is InChI=1S/C22H27NO4/c1-2-3-7-16-26-21(24)17-27-20-12-10-19(11-13-20)22(25)23-15-14-18-8-5-4-6-9-18/h4-6,8-13H,2-3,7,14-17H2,1H3,(H,23,25). The van der Waals surface area contributed by atoms with E-state index in [9.17, 15) is 9.59 Å². The fourth-order valence-electron chi connectivity index (χ4n) is 2.49. The van der Waals surface area contributed by atoms with Crippen LogP contribution >= 0.6 is 0 Å². The highest BCUT2D eigenvalue weighted by Crippen LogP contribution is 2.12. The molecule has 0 atom stereocenters. The summed E-state index contributed by atoms with van der Waals surface area (Å²) in [5, 5.41) is 2.90. The molecule has 1 N–H and O–H groups in total. The van der Waals surface area contributed by atoms with Crippen LogP contribution in [-0.2, 0) is 16.0 Å². The molecule has 0 saturated heterocycles. The molecule has 144 valence electrons. The maximum atomic E-state index is 12.2. The lowest BCUT2D eigenvalue weighted by Gasteiger charge is -2.08. The van der Waals surface area contributed by atoms with E-state index in [1.807, 2.05) is 30.3 Å². The molecule has 0 spiro atoms. The zero-order valence-electron chi connectivity index (χ0n) is 15.8. The number of unbranched alkanes of at least 4 members (excludes halogenated alkanes) is 2. The summed E-state index contributed by atoms with van der Waals surface area (Å²) >= 11 is 0. The van der Waals surface area contributed by atoms with Crippen molar-refractivity contribution in [1.82, 2.24) is 5.32 Å². The summed E-state index contributed by atoms with van der Waals surface area (Å²) in [4.78, 5) is 23.7. The number of benzene rings is 2. The number of carbonyl (C=O) groups excluding carboxylic acids is 2. The molecule has 1 amide bonds. The van der Waals surface area contributed by atoms with Gasteiger partial charge in [-0.05, 0) is 42.7 Å². The number of nitrogens with one attached hydrogen (secondary N) is 1. The highest BCUT2D eigenvalue weighted by Gasteiger charge is 2.07. The van der Waals surface area contributed by atoms with Gasteiger partial charge in [0.05, 0.1) is 6.61 Å². The van der Waals surface area contributed by atoms with Gasteiger partial charge in [-0.2, -0.15) is 0 Å². The Bertz CT molecular complexity index is 698. The Labute approximate surface area is 160 Å². The SMILES string of the molecule is CCCCCOC(=O)COc1ccc(C(=O)NCCc2ccccc2)cc1. The van der Waals surface area contributed by atoms with Gasteiger partial charge >= 0.3 is 5.97 Å². The zero-order valence-corrected chi connectivity index (χ0v) is 15.8. The van der Waals surface area contributed by atoms with Gasteiger partial charge in [0, 0.05) is 12.1 Å². The largest absolute Gasteiger partial charge is 0.482 e. The van der Waals surface area contributed by atoms with E-state index in [2.05, 4.69) is 12.2 Å². The third-order valence-electron chi connectivity index (χ3n) is 4.03. The molecule has 0 aliphatic rings. The van der Waals surface area contributed by atoms with Crippen LogP contribution in [0.3, 0.4) is 0 Å². The second-order valence-corrected chi connectivity index (χ2v) is 6.23. The first-order valence-electron chi connectivity index (χ1n) is 9.39. The maximum Gasteiger partial charge on any atom is 0.344 e. The summed E-state index contributed by atoms with van der Waals surface area (Å²) in [6, 6.07) is 16.7. The van der Waals surface area contributed by atoms with Crippen molar-refractivity contribution >= 4 is 11.9 Å². The lowest BCUT2D eigenvalue weighted by molar-refractivity contribution is -0.146. The molecule has 5 nitrogen and oxygen atoms in total. The number of ether oxygens (including phenoxy) is 2. The Morgan fingerprint density at radius 1 is 0.963 bits per heavy atom. The number of hydrogen-bond acceptors (Lipinski definition) is 4. The van der Waals surface area contributed by atoms with Crippen molar-refractivity contribution in [2.75, 3.05) is 19.8 Å². The van der Waals surface area contributed by atoms with Gasteiger partial charge in [-0.25, -0.2) is 4.79 Å². The highest BCUT2D eigenvalue weighted by atomic mass is 16.6. The first kappa shape index (κ1) is 20.5. The van der Waals surface area contributed by atoms with E-state index >= 15 is 0 Å². The highest BCUT2D eigenvalue weighted by molar-refractivity contribution is 5.94. The van der Waals surface area contributed by atoms with E-state index in [4.69, 9.17) is 9.47 Å². The molecular weight excluding hydrogens is 342 g/mol. The van der Waals surface area contributed by atoms with Crippen molar-refractivity contribution in [2.45, 2.75) is 32.6 Å². The Morgan fingerprint density at radius 3 is 2.41 bits per heavy atom. The van der Waals surface area contributed by atoms with Crippen molar-refractivity contribution in [2.24, 2.45) is 0 Å². The quantitative estimate of drug-likeness (QED) is 0.484. The fraction of sp³-hybridized carbons (Fsp3) is 0.364. The van der Waals surface area contributed by atoms with E-state index in [1.54, 1.807) is 24.3 Å². The normalized spacial score (nSPS) is 10.3. The monoisotopic (exact) mass is 369 g/mol. The number of carbonyl (C=O) groups is 2. The molecule has 2 aromatic carbocycles. The molecule has 0 heterocycles. The van der Waals surface area contributed by atoms with Crippen LogP contribution in [-0.4, -0.2) is 31.6 Å². The molecule has 2 aromatic rings. The van der Waals surface area contributed by atoms with Gasteiger partial charge < -0.3 is 14.8 Å². The van der Waals surface area contributed by atoms with Gasteiger partial charge in [-0.1, -0.05) is 50.1 Å². The second-order valence-electron chi connectivity index (χ2n) is 6.23. The minimum atomic E-state index is -0.381. The first-order chi connectivity index (χ1) is 13.2. The van der Waals surface area contributed by atoms with E-state index in [0.29, 0.717) is 24.5 Å². The van der Waals surface area contributed by atoms with E-state index in [0.717, 1.165) is 25.7 Å². The maximum absolute atomic E-state index is 12.2. The van der Waals surface area contributed by atoms with Gasteiger partial charge in [0.2, 0.25) is 0 Å². The minimum Gasteiger partial charge on any atom is -0.482 e. The molecule has 0 aromatic heterocycles. The lowest BCUT2D eigenvalue weighted by atomic mass is 10.1. The average molecular weight is 369 g/mol. The summed E-state index contributed by atoms with van der Waals surface area (Å²) in [6.07, 6.45) is 3.79. The third kappa shape index (κ3) is 7.94. The van der Waals surface area contributed by atoms with Gasteiger partial charge in [-0.3, -0.25) is 4.79 Å². The summed E-state index contributed by atoms with van der Waals surface area (Å²) in [5.74, 6) is 0.0167. The summed E-state index contributed by atoms with van der Waals surface area (Å²) in [6.45, 7) is 2.97. The van der Waals surface area contributed by atoms with Crippen LogP contribution in [0, 0.1) is 0 Å². The van der Waals surface area contributed by atoms with E-state index in [-0.39, 0.29) is 18.5 Å². The molecule has 5 heteroatoms. The smallest absolute Gasteiger partial charge is 0.344 e.